The second-order valence-electron chi connectivity index (χ2n) is 9.18. The highest BCUT2D eigenvalue weighted by Crippen LogP contribution is 2.49. The molecular weight excluding hydrogens is 428 g/mol. The molecular formula is C24H23F2N5S. The summed E-state index contributed by atoms with van der Waals surface area (Å²) in [4.78, 5) is 14.3. The molecule has 7 rings (SSSR count). The van der Waals surface area contributed by atoms with Crippen LogP contribution >= 0.6 is 11.3 Å². The lowest BCUT2D eigenvalue weighted by molar-refractivity contribution is 0.0339. The number of hydrogen-bond donors (Lipinski definition) is 1. The molecule has 0 aliphatic heterocycles. The Morgan fingerprint density at radius 3 is 2.62 bits per heavy atom. The molecule has 0 unspecified atom stereocenters. The molecule has 0 aromatic carbocycles. The molecule has 2 atom stereocenters. The van der Waals surface area contributed by atoms with Crippen LogP contribution in [0.1, 0.15) is 38.3 Å². The lowest BCUT2D eigenvalue weighted by Gasteiger charge is -2.47. The second-order valence-corrected chi connectivity index (χ2v) is 10.1. The minimum absolute atomic E-state index is 0.115. The number of halogens is 2. The summed E-state index contributed by atoms with van der Waals surface area (Å²) in [6.07, 6.45) is 6.25. The third-order valence-corrected chi connectivity index (χ3v) is 8.41. The van der Waals surface area contributed by atoms with E-state index in [1.165, 1.54) is 25.7 Å². The summed E-state index contributed by atoms with van der Waals surface area (Å²) in [5, 5.41) is 9.31. The van der Waals surface area contributed by atoms with Crippen LogP contribution in [0.5, 0.6) is 0 Å². The number of fused-ring (bicyclic) bond motifs is 4. The molecule has 0 saturated heterocycles. The molecule has 8 heteroatoms. The lowest BCUT2D eigenvalue weighted by Crippen LogP contribution is -2.39. The summed E-state index contributed by atoms with van der Waals surface area (Å²) in [6, 6.07) is 7.23. The van der Waals surface area contributed by atoms with Crippen LogP contribution in [0.25, 0.3) is 33.1 Å². The highest BCUT2D eigenvalue weighted by molar-refractivity contribution is 7.13. The Bertz CT molecular complexity index is 1280. The van der Waals surface area contributed by atoms with Gasteiger partial charge in [0.05, 0.1) is 16.0 Å². The quantitative estimate of drug-likeness (QED) is 0.384. The topological polar surface area (TPSA) is 67.3 Å². The summed E-state index contributed by atoms with van der Waals surface area (Å²) < 4.78 is 27.5. The lowest BCUT2D eigenvalue weighted by atomic mass is 9.58. The number of hydrogen-bond acceptors (Lipinski definition) is 5. The number of H-pyrrole nitrogens is 1. The third kappa shape index (κ3) is 3.32. The van der Waals surface area contributed by atoms with E-state index in [0.717, 1.165) is 40.6 Å². The van der Waals surface area contributed by atoms with Crippen molar-refractivity contribution in [2.45, 2.75) is 39.0 Å². The van der Waals surface area contributed by atoms with E-state index in [4.69, 9.17) is 9.97 Å². The zero-order valence-corrected chi connectivity index (χ0v) is 18.5. The van der Waals surface area contributed by atoms with E-state index >= 15 is 0 Å². The van der Waals surface area contributed by atoms with Crippen molar-refractivity contribution in [3.8, 4) is 22.1 Å². The van der Waals surface area contributed by atoms with E-state index in [9.17, 15) is 8.78 Å². The van der Waals surface area contributed by atoms with Gasteiger partial charge in [0.1, 0.15) is 5.69 Å². The van der Waals surface area contributed by atoms with E-state index < -0.39 is 11.8 Å². The molecule has 32 heavy (non-hydrogen) atoms. The molecule has 1 N–H and O–H groups in total. The predicted octanol–water partition coefficient (Wildman–Crippen LogP) is 6.04. The first-order valence-electron chi connectivity index (χ1n) is 11.2. The third-order valence-electron chi connectivity index (χ3n) is 7.52. The molecule has 4 heterocycles. The van der Waals surface area contributed by atoms with Crippen LogP contribution in [0.2, 0.25) is 0 Å². The molecule has 3 aliphatic rings. The largest absolute Gasteiger partial charge is 0.272 e. The van der Waals surface area contributed by atoms with Crippen molar-refractivity contribution in [3.63, 3.8) is 0 Å². The van der Waals surface area contributed by atoms with Crippen LogP contribution in [-0.4, -0.2) is 25.1 Å². The number of nitrogens with one attached hydrogen (secondary N) is 1. The Morgan fingerprint density at radius 1 is 1.06 bits per heavy atom. The zero-order chi connectivity index (χ0) is 21.8. The number of rotatable bonds is 4. The maximum absolute atomic E-state index is 13.9. The van der Waals surface area contributed by atoms with Gasteiger partial charge in [0.2, 0.25) is 0 Å². The van der Waals surface area contributed by atoms with Crippen molar-refractivity contribution < 1.29 is 8.78 Å². The van der Waals surface area contributed by atoms with Gasteiger partial charge in [-0.05, 0) is 79.4 Å². The number of thiophene rings is 1. The standard InChI is InChI=1S/C24H23F2N5S/c1-12-13-4-6-14(7-5-13)16(12)9-15-10-19(20-3-2-8-32-20)28-24(27-15)21-17-11-18(25)22(26)29-23(17)31-30-21/h2-3,8,10-14,16H,4-7,9H2,1H3,(H,29,30,31)/t12-,13?,14?,16+/m0/s1. The normalized spacial score (nSPS) is 25.0. The van der Waals surface area contributed by atoms with Gasteiger partial charge in [-0.1, -0.05) is 13.0 Å². The smallest absolute Gasteiger partial charge is 0.251 e. The van der Waals surface area contributed by atoms with Crippen LogP contribution in [0, 0.1) is 35.4 Å². The van der Waals surface area contributed by atoms with Gasteiger partial charge in [-0.15, -0.1) is 11.3 Å². The van der Waals surface area contributed by atoms with Gasteiger partial charge in [0.25, 0.3) is 5.95 Å². The van der Waals surface area contributed by atoms with Gasteiger partial charge in [0, 0.05) is 5.69 Å². The van der Waals surface area contributed by atoms with E-state index in [-0.39, 0.29) is 5.65 Å². The van der Waals surface area contributed by atoms with E-state index in [0.29, 0.717) is 28.7 Å². The van der Waals surface area contributed by atoms with Crippen LogP contribution in [0.3, 0.4) is 0 Å². The van der Waals surface area contributed by atoms with Crippen molar-refractivity contribution in [3.05, 3.63) is 47.1 Å². The zero-order valence-electron chi connectivity index (χ0n) is 17.7. The average molecular weight is 452 g/mol. The highest BCUT2D eigenvalue weighted by Gasteiger charge is 2.41. The van der Waals surface area contributed by atoms with Gasteiger partial charge < -0.3 is 0 Å². The molecule has 5 nitrogen and oxygen atoms in total. The van der Waals surface area contributed by atoms with E-state index in [1.807, 2.05) is 17.5 Å². The summed E-state index contributed by atoms with van der Waals surface area (Å²) in [5.74, 6) is 1.16. The highest BCUT2D eigenvalue weighted by atomic mass is 32.1. The summed E-state index contributed by atoms with van der Waals surface area (Å²) in [7, 11) is 0. The maximum Gasteiger partial charge on any atom is 0.251 e. The number of aromatic nitrogens is 5. The van der Waals surface area contributed by atoms with Crippen molar-refractivity contribution >= 4 is 22.4 Å². The van der Waals surface area contributed by atoms with Crippen molar-refractivity contribution in [2.24, 2.45) is 23.7 Å². The van der Waals surface area contributed by atoms with Gasteiger partial charge in [0.15, 0.2) is 17.3 Å². The Hall–Kier alpha value is -2.74. The van der Waals surface area contributed by atoms with Crippen LogP contribution in [-0.2, 0) is 6.42 Å². The molecule has 4 aromatic heterocycles. The first kappa shape index (κ1) is 19.9. The van der Waals surface area contributed by atoms with Gasteiger partial charge in [-0.25, -0.2) is 14.4 Å². The Labute approximate surface area is 188 Å². The molecule has 3 aliphatic carbocycles. The monoisotopic (exact) mass is 451 g/mol. The van der Waals surface area contributed by atoms with Crippen LogP contribution in [0.4, 0.5) is 8.78 Å². The van der Waals surface area contributed by atoms with Crippen LogP contribution in [0.15, 0.2) is 29.6 Å². The fourth-order valence-corrected chi connectivity index (χ4v) is 6.49. The Balaban J connectivity index is 1.45. The Morgan fingerprint density at radius 2 is 1.88 bits per heavy atom. The number of aromatic amines is 1. The fourth-order valence-electron chi connectivity index (χ4n) is 5.80. The number of nitrogens with zero attached hydrogens (tertiary/aromatic N) is 4. The van der Waals surface area contributed by atoms with Gasteiger partial charge in [-0.2, -0.15) is 14.5 Å². The van der Waals surface area contributed by atoms with E-state index in [2.05, 4.69) is 28.2 Å². The molecule has 2 bridgehead atoms. The molecule has 0 amide bonds. The van der Waals surface area contributed by atoms with Gasteiger partial charge >= 0.3 is 0 Å². The van der Waals surface area contributed by atoms with Crippen molar-refractivity contribution in [2.75, 3.05) is 0 Å². The maximum atomic E-state index is 13.9. The van der Waals surface area contributed by atoms with Gasteiger partial charge in [-0.3, -0.25) is 5.10 Å². The minimum atomic E-state index is -1.16. The Kier molecular flexibility index (Phi) is 4.78. The fraction of sp³-hybridized carbons (Fsp3) is 0.417. The predicted molar refractivity (Wildman–Crippen MR) is 120 cm³/mol. The number of pyridine rings is 1. The minimum Gasteiger partial charge on any atom is -0.272 e. The molecule has 0 radical (unpaired) electrons. The summed E-state index contributed by atoms with van der Waals surface area (Å²) in [5.41, 5.74) is 2.40. The molecule has 0 spiro atoms. The molecule has 164 valence electrons. The second kappa shape index (κ2) is 7.69. The summed E-state index contributed by atoms with van der Waals surface area (Å²) in [6.45, 7) is 2.40. The summed E-state index contributed by atoms with van der Waals surface area (Å²) >= 11 is 1.62. The van der Waals surface area contributed by atoms with E-state index in [1.54, 1.807) is 11.3 Å². The SMILES string of the molecule is C[C@H]1C2CCC(CC2)[C@@H]1Cc1cc(-c2cccs2)nc(-c2[nH]nc3nc(F)c(F)cc23)n1. The van der Waals surface area contributed by atoms with Crippen LogP contribution < -0.4 is 0 Å². The first-order valence-corrected chi connectivity index (χ1v) is 12.1. The molecule has 4 aromatic rings. The van der Waals surface area contributed by atoms with Crippen molar-refractivity contribution in [1.82, 2.24) is 25.1 Å². The molecule has 3 fully saturated rings. The first-order chi connectivity index (χ1) is 15.6. The molecule has 3 saturated carbocycles. The van der Waals surface area contributed by atoms with Crippen molar-refractivity contribution in [1.29, 1.82) is 0 Å². The average Bonchev–Trinajstić information content (AvgIpc) is 3.47.